The second-order valence-electron chi connectivity index (χ2n) is 7.73. The Morgan fingerprint density at radius 2 is 1.78 bits per heavy atom. The third-order valence-corrected chi connectivity index (χ3v) is 7.10. The SMILES string of the molecule is COc1cc(NS(=O)(=O)c2ccc(NC(=O)c3ccn(Cn4nc(C)c(Cl)c4C)n3)cc2)nc(OC)n1. The summed E-state index contributed by atoms with van der Waals surface area (Å²) in [5, 5.41) is 11.9. The summed E-state index contributed by atoms with van der Waals surface area (Å²) in [4.78, 5) is 20.5. The lowest BCUT2D eigenvalue weighted by Gasteiger charge is -2.10. The van der Waals surface area contributed by atoms with Gasteiger partial charge in [-0.15, -0.1) is 0 Å². The number of amides is 1. The van der Waals surface area contributed by atoms with Crippen LogP contribution in [0.15, 0.2) is 47.5 Å². The predicted octanol–water partition coefficient (Wildman–Crippen LogP) is 2.72. The molecule has 2 N–H and O–H groups in total. The lowest BCUT2D eigenvalue weighted by atomic mass is 10.3. The molecule has 3 heterocycles. The van der Waals surface area contributed by atoms with Crippen molar-refractivity contribution in [2.24, 2.45) is 0 Å². The number of sulfonamides is 1. The molecule has 0 aliphatic carbocycles. The van der Waals surface area contributed by atoms with Crippen molar-refractivity contribution in [3.63, 3.8) is 0 Å². The van der Waals surface area contributed by atoms with Gasteiger partial charge in [0, 0.05) is 18.0 Å². The van der Waals surface area contributed by atoms with Gasteiger partial charge in [0.25, 0.3) is 15.9 Å². The number of carbonyl (C=O) groups excluding carboxylic acids is 1. The predicted molar refractivity (Wildman–Crippen MR) is 135 cm³/mol. The average Bonchev–Trinajstić information content (AvgIpc) is 3.44. The van der Waals surface area contributed by atoms with Crippen molar-refractivity contribution in [3.8, 4) is 11.9 Å². The van der Waals surface area contributed by atoms with Crippen LogP contribution in [0, 0.1) is 13.8 Å². The van der Waals surface area contributed by atoms with Crippen molar-refractivity contribution in [2.75, 3.05) is 24.3 Å². The van der Waals surface area contributed by atoms with E-state index in [2.05, 4.69) is 30.2 Å². The number of ether oxygens (including phenoxy) is 2. The maximum atomic E-state index is 12.8. The van der Waals surface area contributed by atoms with Crippen LogP contribution in [0.4, 0.5) is 11.5 Å². The number of rotatable bonds is 9. The fourth-order valence-corrected chi connectivity index (χ4v) is 4.40. The van der Waals surface area contributed by atoms with E-state index >= 15 is 0 Å². The lowest BCUT2D eigenvalue weighted by Crippen LogP contribution is -2.16. The smallest absolute Gasteiger partial charge is 0.321 e. The molecule has 0 spiro atoms. The van der Waals surface area contributed by atoms with E-state index in [0.717, 1.165) is 5.69 Å². The Kier molecular flexibility index (Phi) is 7.31. The summed E-state index contributed by atoms with van der Waals surface area (Å²) >= 11 is 6.18. The highest BCUT2D eigenvalue weighted by atomic mass is 35.5. The molecule has 0 atom stereocenters. The first-order chi connectivity index (χ1) is 17.6. The van der Waals surface area contributed by atoms with E-state index in [9.17, 15) is 13.2 Å². The molecule has 0 bridgehead atoms. The number of nitrogens with zero attached hydrogens (tertiary/aromatic N) is 6. The molecule has 37 heavy (non-hydrogen) atoms. The van der Waals surface area contributed by atoms with E-state index in [1.807, 2.05) is 13.8 Å². The number of benzene rings is 1. The van der Waals surface area contributed by atoms with Crippen LogP contribution >= 0.6 is 11.6 Å². The van der Waals surface area contributed by atoms with E-state index in [1.54, 1.807) is 21.6 Å². The minimum atomic E-state index is -3.99. The van der Waals surface area contributed by atoms with Gasteiger partial charge in [0.15, 0.2) is 11.5 Å². The molecule has 0 radical (unpaired) electrons. The van der Waals surface area contributed by atoms with E-state index in [-0.39, 0.29) is 35.0 Å². The van der Waals surface area contributed by atoms with Gasteiger partial charge >= 0.3 is 6.01 Å². The van der Waals surface area contributed by atoms with E-state index in [0.29, 0.717) is 16.4 Å². The Morgan fingerprint density at radius 3 is 2.41 bits per heavy atom. The van der Waals surface area contributed by atoms with Crippen LogP contribution in [0.1, 0.15) is 21.9 Å². The van der Waals surface area contributed by atoms with Gasteiger partial charge in [0.2, 0.25) is 5.88 Å². The number of anilines is 2. The number of hydrogen-bond donors (Lipinski definition) is 2. The number of carbonyl (C=O) groups is 1. The van der Waals surface area contributed by atoms with Crippen LogP contribution in [0.5, 0.6) is 11.9 Å². The van der Waals surface area contributed by atoms with Crippen LogP contribution in [0.2, 0.25) is 5.02 Å². The van der Waals surface area contributed by atoms with Gasteiger partial charge in [0.1, 0.15) is 6.67 Å². The number of aromatic nitrogens is 6. The van der Waals surface area contributed by atoms with Crippen LogP contribution in [-0.2, 0) is 16.7 Å². The van der Waals surface area contributed by atoms with Crippen LogP contribution in [0.3, 0.4) is 0 Å². The summed E-state index contributed by atoms with van der Waals surface area (Å²) in [5.74, 6) is -0.359. The molecule has 0 aliphatic rings. The first-order valence-electron chi connectivity index (χ1n) is 10.7. The first-order valence-corrected chi connectivity index (χ1v) is 12.6. The molecule has 4 rings (SSSR count). The molecular weight excluding hydrogens is 524 g/mol. The maximum Gasteiger partial charge on any atom is 0.321 e. The molecule has 3 aromatic heterocycles. The zero-order valence-corrected chi connectivity index (χ0v) is 21.8. The van der Waals surface area contributed by atoms with Crippen molar-refractivity contribution < 1.29 is 22.7 Å². The largest absolute Gasteiger partial charge is 0.481 e. The van der Waals surface area contributed by atoms with E-state index in [4.69, 9.17) is 21.1 Å². The Balaban J connectivity index is 1.42. The van der Waals surface area contributed by atoms with Crippen molar-refractivity contribution >= 4 is 39.0 Å². The Hall–Kier alpha value is -4.17. The summed E-state index contributed by atoms with van der Waals surface area (Å²) in [5.41, 5.74) is 2.07. The quantitative estimate of drug-likeness (QED) is 0.322. The standard InChI is InChI=1S/C22H23ClN8O5S/c1-13-20(23)14(2)31(27-13)12-30-10-9-17(28-30)21(32)24-15-5-7-16(8-6-15)37(33,34)29-18-11-19(35-3)26-22(25-18)36-4/h5-11H,12H2,1-4H3,(H,24,32)(H,25,26,29). The normalized spacial score (nSPS) is 11.3. The molecule has 0 fully saturated rings. The molecule has 0 saturated heterocycles. The molecule has 1 aromatic carbocycles. The van der Waals surface area contributed by atoms with Crippen molar-refractivity contribution in [1.29, 1.82) is 0 Å². The molecule has 0 aliphatic heterocycles. The zero-order valence-electron chi connectivity index (χ0n) is 20.3. The lowest BCUT2D eigenvalue weighted by molar-refractivity contribution is 0.102. The van der Waals surface area contributed by atoms with Crippen molar-refractivity contribution in [1.82, 2.24) is 29.5 Å². The molecule has 4 aromatic rings. The molecule has 15 heteroatoms. The maximum absolute atomic E-state index is 12.8. The monoisotopic (exact) mass is 546 g/mol. The molecule has 1 amide bonds. The van der Waals surface area contributed by atoms with Gasteiger partial charge in [-0.05, 0) is 44.2 Å². The van der Waals surface area contributed by atoms with Gasteiger partial charge in [0.05, 0.1) is 35.5 Å². The third kappa shape index (κ3) is 5.81. The topological polar surface area (TPSA) is 155 Å². The Labute approximate surface area is 217 Å². The molecule has 13 nitrogen and oxygen atoms in total. The van der Waals surface area contributed by atoms with Gasteiger partial charge in [-0.25, -0.2) is 13.1 Å². The Morgan fingerprint density at radius 1 is 1.05 bits per heavy atom. The molecular formula is C22H23ClN8O5S. The molecule has 0 saturated carbocycles. The molecule has 0 unspecified atom stereocenters. The second-order valence-corrected chi connectivity index (χ2v) is 9.79. The van der Waals surface area contributed by atoms with Gasteiger partial charge in [-0.2, -0.15) is 20.2 Å². The zero-order chi connectivity index (χ0) is 26.7. The van der Waals surface area contributed by atoms with Crippen LogP contribution in [-0.4, -0.2) is 58.1 Å². The summed E-state index contributed by atoms with van der Waals surface area (Å²) in [6, 6.07) is 8.44. The fourth-order valence-electron chi connectivity index (χ4n) is 3.27. The first kappa shape index (κ1) is 25.9. The Bertz CT molecular complexity index is 1530. The fraction of sp³-hybridized carbons (Fsp3) is 0.227. The number of nitrogens with one attached hydrogen (secondary N) is 2. The summed E-state index contributed by atoms with van der Waals surface area (Å²) in [6.45, 7) is 3.95. The summed E-state index contributed by atoms with van der Waals surface area (Å²) in [6.07, 6.45) is 1.65. The van der Waals surface area contributed by atoms with Gasteiger partial charge in [-0.1, -0.05) is 11.6 Å². The number of methoxy groups -OCH3 is 2. The number of aryl methyl sites for hydroxylation is 1. The van der Waals surface area contributed by atoms with E-state index < -0.39 is 15.9 Å². The summed E-state index contributed by atoms with van der Waals surface area (Å²) < 4.78 is 41.1. The van der Waals surface area contributed by atoms with Crippen LogP contribution in [0.25, 0.3) is 0 Å². The minimum Gasteiger partial charge on any atom is -0.481 e. The van der Waals surface area contributed by atoms with Gasteiger partial charge in [-0.3, -0.25) is 14.2 Å². The van der Waals surface area contributed by atoms with Crippen LogP contribution < -0.4 is 19.5 Å². The highest BCUT2D eigenvalue weighted by Gasteiger charge is 2.18. The van der Waals surface area contributed by atoms with E-state index in [1.165, 1.54) is 44.6 Å². The van der Waals surface area contributed by atoms with Crippen molar-refractivity contribution in [3.05, 3.63) is 64.7 Å². The average molecular weight is 547 g/mol. The number of halogens is 1. The second kappa shape index (κ2) is 10.4. The highest BCUT2D eigenvalue weighted by molar-refractivity contribution is 7.92. The van der Waals surface area contributed by atoms with Crippen molar-refractivity contribution in [2.45, 2.75) is 25.4 Å². The molecule has 194 valence electrons. The summed E-state index contributed by atoms with van der Waals surface area (Å²) in [7, 11) is -1.26. The minimum absolute atomic E-state index is 0.0283. The van der Waals surface area contributed by atoms with Gasteiger partial charge < -0.3 is 14.8 Å². The number of hydrogen-bond acceptors (Lipinski definition) is 9. The third-order valence-electron chi connectivity index (χ3n) is 5.18. The highest BCUT2D eigenvalue weighted by Crippen LogP contribution is 2.22.